The van der Waals surface area contributed by atoms with E-state index >= 15 is 0 Å². The van der Waals surface area contributed by atoms with Crippen molar-refractivity contribution in [1.82, 2.24) is 0 Å². The zero-order chi connectivity index (χ0) is 15.6. The number of nitrogens with zero attached hydrogens (tertiary/aromatic N) is 2. The first-order chi connectivity index (χ1) is 9.92. The fraction of sp³-hybridized carbons (Fsp3) is 0. The third kappa shape index (κ3) is 3.29. The largest absolute Gasteiger partial charge is 0.351 e. The average Bonchev–Trinajstić information content (AvgIpc) is 2.42. The van der Waals surface area contributed by atoms with Crippen LogP contribution >= 0.6 is 27.5 Å². The highest BCUT2D eigenvalue weighted by molar-refractivity contribution is 9.10. The van der Waals surface area contributed by atoms with Crippen molar-refractivity contribution in [3.63, 3.8) is 0 Å². The minimum atomic E-state index is -0.903. The zero-order valence-corrected chi connectivity index (χ0v) is 12.6. The molecule has 0 bridgehead atoms. The van der Waals surface area contributed by atoms with Gasteiger partial charge in [0.1, 0.15) is 6.07 Å². The Morgan fingerprint density at radius 1 is 1.38 bits per heavy atom. The smallest absolute Gasteiger partial charge is 0.273 e. The van der Waals surface area contributed by atoms with E-state index in [4.69, 9.17) is 16.9 Å². The molecule has 0 spiro atoms. The Kier molecular flexibility index (Phi) is 4.40. The summed E-state index contributed by atoms with van der Waals surface area (Å²) in [7, 11) is 0. The third-order valence-electron chi connectivity index (χ3n) is 2.60. The maximum atomic E-state index is 14.0. The summed E-state index contributed by atoms with van der Waals surface area (Å²) >= 11 is 9.24. The number of nitro groups is 1. The number of nitrogens with one attached hydrogen (secondary N) is 1. The third-order valence-corrected chi connectivity index (χ3v) is 3.40. The van der Waals surface area contributed by atoms with Crippen molar-refractivity contribution < 1.29 is 9.31 Å². The second-order valence-corrected chi connectivity index (χ2v) is 5.29. The molecule has 0 unspecified atom stereocenters. The van der Waals surface area contributed by atoms with Crippen LogP contribution in [0, 0.1) is 27.3 Å². The van der Waals surface area contributed by atoms with E-state index < -0.39 is 16.4 Å². The maximum Gasteiger partial charge on any atom is 0.273 e. The van der Waals surface area contributed by atoms with Crippen LogP contribution in [-0.4, -0.2) is 4.92 Å². The summed E-state index contributed by atoms with van der Waals surface area (Å²) in [6.45, 7) is 0. The van der Waals surface area contributed by atoms with E-state index in [0.717, 1.165) is 16.6 Å². The molecule has 0 heterocycles. The van der Waals surface area contributed by atoms with E-state index in [1.807, 2.05) is 0 Å². The van der Waals surface area contributed by atoms with Crippen molar-refractivity contribution in [2.24, 2.45) is 0 Å². The van der Waals surface area contributed by atoms with Crippen molar-refractivity contribution in [1.29, 1.82) is 5.26 Å². The van der Waals surface area contributed by atoms with Crippen molar-refractivity contribution in [3.05, 3.63) is 61.3 Å². The summed E-state index contributed by atoms with van der Waals surface area (Å²) in [5.41, 5.74) is -0.450. The molecule has 0 amide bonds. The molecule has 21 heavy (non-hydrogen) atoms. The minimum absolute atomic E-state index is 0.160. The van der Waals surface area contributed by atoms with Crippen LogP contribution in [0.15, 0.2) is 34.8 Å². The molecule has 0 radical (unpaired) electrons. The molecule has 0 aliphatic heterocycles. The molecule has 2 aromatic carbocycles. The normalized spacial score (nSPS) is 10.0. The lowest BCUT2D eigenvalue weighted by Gasteiger charge is -2.11. The van der Waals surface area contributed by atoms with Crippen LogP contribution in [0.5, 0.6) is 0 Å². The number of nitro benzene ring substituents is 1. The van der Waals surface area contributed by atoms with Gasteiger partial charge in [0.25, 0.3) is 5.69 Å². The summed E-state index contributed by atoms with van der Waals surface area (Å²) < 4.78 is 14.7. The second-order valence-electron chi connectivity index (χ2n) is 3.97. The van der Waals surface area contributed by atoms with E-state index in [2.05, 4.69) is 21.2 Å². The first kappa shape index (κ1) is 15.2. The topological polar surface area (TPSA) is 79.0 Å². The summed E-state index contributed by atoms with van der Waals surface area (Å²) in [5.74, 6) is -0.903. The Balaban J connectivity index is 2.49. The predicted octanol–water partition coefficient (Wildman–Crippen LogP) is 4.77. The molecule has 0 saturated heterocycles. The number of hydrogen-bond donors (Lipinski definition) is 1. The quantitative estimate of drug-likeness (QED) is 0.624. The molecular weight excluding hydrogens is 365 g/mol. The van der Waals surface area contributed by atoms with E-state index in [-0.39, 0.29) is 11.3 Å². The standard InChI is InChI=1S/C13H6BrClFN3O2/c14-8-1-2-12(10(15)4-8)18-13-7(6-17)3-9(19(20)21)5-11(13)16/h1-5,18H. The van der Waals surface area contributed by atoms with Gasteiger partial charge in [-0.3, -0.25) is 10.1 Å². The van der Waals surface area contributed by atoms with Crippen LogP contribution in [0.1, 0.15) is 5.56 Å². The van der Waals surface area contributed by atoms with Gasteiger partial charge in [0.05, 0.1) is 33.0 Å². The number of halogens is 3. The van der Waals surface area contributed by atoms with Crippen molar-refractivity contribution in [2.45, 2.75) is 0 Å². The molecule has 1 N–H and O–H groups in total. The van der Waals surface area contributed by atoms with Crippen LogP contribution in [-0.2, 0) is 0 Å². The van der Waals surface area contributed by atoms with Gasteiger partial charge in [-0.2, -0.15) is 5.26 Å². The van der Waals surface area contributed by atoms with Gasteiger partial charge in [0.2, 0.25) is 0 Å². The van der Waals surface area contributed by atoms with E-state index in [0.29, 0.717) is 10.7 Å². The molecule has 2 aromatic rings. The fourth-order valence-electron chi connectivity index (χ4n) is 1.64. The lowest BCUT2D eigenvalue weighted by Crippen LogP contribution is -2.00. The van der Waals surface area contributed by atoms with Crippen molar-refractivity contribution in [2.75, 3.05) is 5.32 Å². The van der Waals surface area contributed by atoms with E-state index in [1.165, 1.54) is 0 Å². The number of nitriles is 1. The molecule has 8 heteroatoms. The number of hydrogen-bond acceptors (Lipinski definition) is 4. The highest BCUT2D eigenvalue weighted by Crippen LogP contribution is 2.32. The van der Waals surface area contributed by atoms with Crippen LogP contribution in [0.4, 0.5) is 21.5 Å². The number of non-ortho nitro benzene ring substituents is 1. The van der Waals surface area contributed by atoms with Gasteiger partial charge in [-0.05, 0) is 18.2 Å². The first-order valence-corrected chi connectivity index (χ1v) is 6.69. The first-order valence-electron chi connectivity index (χ1n) is 5.52. The molecule has 106 valence electrons. The monoisotopic (exact) mass is 369 g/mol. The molecule has 0 aromatic heterocycles. The van der Waals surface area contributed by atoms with Gasteiger partial charge in [0.15, 0.2) is 5.82 Å². The Labute approximate surface area is 132 Å². The highest BCUT2D eigenvalue weighted by Gasteiger charge is 2.17. The Morgan fingerprint density at radius 3 is 2.67 bits per heavy atom. The Hall–Kier alpha value is -2.17. The molecule has 0 aliphatic rings. The van der Waals surface area contributed by atoms with Crippen LogP contribution in [0.3, 0.4) is 0 Å². The van der Waals surface area contributed by atoms with Gasteiger partial charge < -0.3 is 5.32 Å². The van der Waals surface area contributed by atoms with Crippen molar-refractivity contribution >= 4 is 44.6 Å². The molecule has 0 saturated carbocycles. The zero-order valence-electron chi connectivity index (χ0n) is 10.2. The highest BCUT2D eigenvalue weighted by atomic mass is 79.9. The van der Waals surface area contributed by atoms with E-state index in [1.54, 1.807) is 24.3 Å². The number of rotatable bonds is 3. The summed E-state index contributed by atoms with van der Waals surface area (Å²) in [4.78, 5) is 9.90. The van der Waals surface area contributed by atoms with Gasteiger partial charge in [-0.15, -0.1) is 0 Å². The SMILES string of the molecule is N#Cc1cc([N+](=O)[O-])cc(F)c1Nc1ccc(Br)cc1Cl. The summed E-state index contributed by atoms with van der Waals surface area (Å²) in [6, 6.07) is 8.34. The van der Waals surface area contributed by atoms with Crippen LogP contribution in [0.2, 0.25) is 5.02 Å². The molecule has 2 rings (SSSR count). The number of benzene rings is 2. The molecule has 0 atom stereocenters. The van der Waals surface area contributed by atoms with Crippen molar-refractivity contribution in [3.8, 4) is 6.07 Å². The van der Waals surface area contributed by atoms with Gasteiger partial charge in [0, 0.05) is 10.5 Å². The lowest BCUT2D eigenvalue weighted by atomic mass is 10.1. The Bertz CT molecular complexity index is 777. The van der Waals surface area contributed by atoms with Gasteiger partial charge in [-0.25, -0.2) is 4.39 Å². The van der Waals surface area contributed by atoms with E-state index in [9.17, 15) is 14.5 Å². The van der Waals surface area contributed by atoms with Crippen LogP contribution in [0.25, 0.3) is 0 Å². The van der Waals surface area contributed by atoms with Gasteiger partial charge in [-0.1, -0.05) is 27.5 Å². The van der Waals surface area contributed by atoms with Crippen LogP contribution < -0.4 is 5.32 Å². The fourth-order valence-corrected chi connectivity index (χ4v) is 2.36. The second kappa shape index (κ2) is 6.08. The molecule has 5 nitrogen and oxygen atoms in total. The molecule has 0 aliphatic carbocycles. The molecular formula is C13H6BrClFN3O2. The maximum absolute atomic E-state index is 14.0. The minimum Gasteiger partial charge on any atom is -0.351 e. The summed E-state index contributed by atoms with van der Waals surface area (Å²) in [6.07, 6.45) is 0. The Morgan fingerprint density at radius 2 is 2.10 bits per heavy atom. The number of anilines is 2. The molecule has 0 fully saturated rings. The summed E-state index contributed by atoms with van der Waals surface area (Å²) in [5, 5.41) is 22.7. The van der Waals surface area contributed by atoms with Gasteiger partial charge >= 0.3 is 0 Å². The predicted molar refractivity (Wildman–Crippen MR) is 80.2 cm³/mol. The average molecular weight is 371 g/mol. The lowest BCUT2D eigenvalue weighted by molar-refractivity contribution is -0.385.